The normalized spacial score (nSPS) is 11.8. The minimum atomic E-state index is -0.610. The van der Waals surface area contributed by atoms with Crippen LogP contribution in [-0.2, 0) is 27.3 Å². The first-order valence-corrected chi connectivity index (χ1v) is 11.3. The summed E-state index contributed by atoms with van der Waals surface area (Å²) in [6.45, 7) is 7.79. The summed E-state index contributed by atoms with van der Waals surface area (Å²) >= 11 is 0. The number of methoxy groups -OCH3 is 1. The molecule has 2 aromatic rings. The van der Waals surface area contributed by atoms with Gasteiger partial charge in [0, 0.05) is 38.6 Å². The van der Waals surface area contributed by atoms with Gasteiger partial charge in [0.15, 0.2) is 0 Å². The first-order chi connectivity index (χ1) is 15.5. The van der Waals surface area contributed by atoms with Crippen LogP contribution in [0.4, 0.5) is 0 Å². The average molecular weight is 441 g/mol. The second-order valence-corrected chi connectivity index (χ2v) is 8.02. The van der Waals surface area contributed by atoms with Gasteiger partial charge >= 0.3 is 0 Å². The first-order valence-electron chi connectivity index (χ1n) is 11.3. The van der Waals surface area contributed by atoms with Crippen LogP contribution in [0.3, 0.4) is 0 Å². The van der Waals surface area contributed by atoms with Gasteiger partial charge in [0.25, 0.3) is 0 Å². The van der Waals surface area contributed by atoms with Crippen LogP contribution in [0.5, 0.6) is 5.75 Å². The molecule has 0 radical (unpaired) electrons. The van der Waals surface area contributed by atoms with Crippen molar-refractivity contribution in [3.8, 4) is 5.75 Å². The van der Waals surface area contributed by atoms with E-state index in [0.717, 1.165) is 23.3 Å². The van der Waals surface area contributed by atoms with Crippen molar-refractivity contribution >= 4 is 11.8 Å². The van der Waals surface area contributed by atoms with Crippen molar-refractivity contribution in [1.29, 1.82) is 0 Å². The Balaban J connectivity index is 2.26. The molecule has 0 aromatic heterocycles. The lowest BCUT2D eigenvalue weighted by molar-refractivity contribution is -0.143. The SMILES string of the molecule is CCOCCCNC(=O)C(Cc1ccccc1)N(Cc1ccc(OC)cc1)C(=O)C(C)C. The van der Waals surface area contributed by atoms with Crippen LogP contribution in [-0.4, -0.2) is 49.6 Å². The molecule has 2 rings (SSSR count). The topological polar surface area (TPSA) is 67.9 Å². The number of ether oxygens (including phenoxy) is 2. The number of hydrogen-bond acceptors (Lipinski definition) is 4. The molecule has 2 aromatic carbocycles. The van der Waals surface area contributed by atoms with Crippen LogP contribution in [0.15, 0.2) is 54.6 Å². The molecule has 0 aliphatic rings. The molecule has 0 saturated carbocycles. The minimum Gasteiger partial charge on any atom is -0.497 e. The summed E-state index contributed by atoms with van der Waals surface area (Å²) in [4.78, 5) is 28.2. The van der Waals surface area contributed by atoms with Gasteiger partial charge in [-0.2, -0.15) is 0 Å². The fraction of sp³-hybridized carbons (Fsp3) is 0.462. The molecule has 0 spiro atoms. The van der Waals surface area contributed by atoms with Gasteiger partial charge in [0.05, 0.1) is 7.11 Å². The van der Waals surface area contributed by atoms with Crippen LogP contribution >= 0.6 is 0 Å². The van der Waals surface area contributed by atoms with Gasteiger partial charge in [-0.05, 0) is 36.6 Å². The number of carbonyl (C=O) groups excluding carboxylic acids is 2. The maximum atomic E-state index is 13.3. The molecule has 0 aliphatic carbocycles. The highest BCUT2D eigenvalue weighted by molar-refractivity contribution is 5.88. The van der Waals surface area contributed by atoms with E-state index < -0.39 is 6.04 Å². The smallest absolute Gasteiger partial charge is 0.243 e. The summed E-state index contributed by atoms with van der Waals surface area (Å²) in [5, 5.41) is 3.01. The van der Waals surface area contributed by atoms with Crippen LogP contribution in [0.1, 0.15) is 38.3 Å². The first kappa shape index (κ1) is 25.4. The van der Waals surface area contributed by atoms with Crippen molar-refractivity contribution in [3.05, 3.63) is 65.7 Å². The van der Waals surface area contributed by atoms with Crippen molar-refractivity contribution in [2.45, 2.75) is 46.2 Å². The van der Waals surface area contributed by atoms with Crippen molar-refractivity contribution < 1.29 is 19.1 Å². The molecule has 174 valence electrons. The Morgan fingerprint density at radius 2 is 1.69 bits per heavy atom. The molecule has 0 fully saturated rings. The molecule has 6 heteroatoms. The molecule has 1 atom stereocenters. The summed E-state index contributed by atoms with van der Waals surface area (Å²) in [7, 11) is 1.62. The summed E-state index contributed by atoms with van der Waals surface area (Å²) in [6, 6.07) is 16.8. The zero-order valence-corrected chi connectivity index (χ0v) is 19.7. The third-order valence-corrected chi connectivity index (χ3v) is 5.21. The highest BCUT2D eigenvalue weighted by Crippen LogP contribution is 2.19. The fourth-order valence-electron chi connectivity index (χ4n) is 3.43. The molecule has 2 amide bonds. The molecule has 0 saturated heterocycles. The second kappa shape index (κ2) is 13.5. The quantitative estimate of drug-likeness (QED) is 0.481. The van der Waals surface area contributed by atoms with E-state index in [1.807, 2.05) is 75.4 Å². The van der Waals surface area contributed by atoms with Crippen molar-refractivity contribution in [3.63, 3.8) is 0 Å². The predicted octanol–water partition coefficient (Wildman–Crippen LogP) is 3.83. The lowest BCUT2D eigenvalue weighted by atomic mass is 10.0. The number of nitrogens with one attached hydrogen (secondary N) is 1. The number of amides is 2. The van der Waals surface area contributed by atoms with Crippen molar-refractivity contribution in [2.75, 3.05) is 26.9 Å². The van der Waals surface area contributed by atoms with Crippen LogP contribution in [0, 0.1) is 5.92 Å². The van der Waals surface area contributed by atoms with Gasteiger partial charge in [0.1, 0.15) is 11.8 Å². The maximum Gasteiger partial charge on any atom is 0.243 e. The number of rotatable bonds is 13. The number of hydrogen-bond donors (Lipinski definition) is 1. The molecule has 6 nitrogen and oxygen atoms in total. The highest BCUT2D eigenvalue weighted by atomic mass is 16.5. The lowest BCUT2D eigenvalue weighted by Crippen LogP contribution is -2.51. The number of carbonyl (C=O) groups is 2. The standard InChI is InChI=1S/C26H36N2O4/c1-5-32-17-9-16-27-25(29)24(18-21-10-7-6-8-11-21)28(26(30)20(2)3)19-22-12-14-23(31-4)15-13-22/h6-8,10-15,20,24H,5,9,16-19H2,1-4H3,(H,27,29). The fourth-order valence-corrected chi connectivity index (χ4v) is 3.43. The molecular weight excluding hydrogens is 404 g/mol. The van der Waals surface area contributed by atoms with Gasteiger partial charge in [-0.3, -0.25) is 9.59 Å². The van der Waals surface area contributed by atoms with E-state index in [9.17, 15) is 9.59 Å². The van der Waals surface area contributed by atoms with Crippen molar-refractivity contribution in [1.82, 2.24) is 10.2 Å². The lowest BCUT2D eigenvalue weighted by Gasteiger charge is -2.33. The maximum absolute atomic E-state index is 13.3. The summed E-state index contributed by atoms with van der Waals surface area (Å²) < 4.78 is 10.6. The predicted molar refractivity (Wildman–Crippen MR) is 126 cm³/mol. The summed E-state index contributed by atoms with van der Waals surface area (Å²) in [5.74, 6) is 0.333. The van der Waals surface area contributed by atoms with E-state index in [0.29, 0.717) is 32.7 Å². The third-order valence-electron chi connectivity index (χ3n) is 5.21. The van der Waals surface area contributed by atoms with Gasteiger partial charge in [-0.1, -0.05) is 56.3 Å². The van der Waals surface area contributed by atoms with Gasteiger partial charge < -0.3 is 19.7 Å². The Labute approximate surface area is 191 Å². The van der Waals surface area contributed by atoms with E-state index in [2.05, 4.69) is 5.32 Å². The van der Waals surface area contributed by atoms with Gasteiger partial charge in [-0.15, -0.1) is 0 Å². The summed E-state index contributed by atoms with van der Waals surface area (Å²) in [5.41, 5.74) is 1.96. The van der Waals surface area contributed by atoms with E-state index in [1.165, 1.54) is 0 Å². The third kappa shape index (κ3) is 8.00. The zero-order valence-electron chi connectivity index (χ0n) is 19.7. The van der Waals surface area contributed by atoms with E-state index in [4.69, 9.17) is 9.47 Å². The molecular formula is C26H36N2O4. The Morgan fingerprint density at radius 1 is 1.00 bits per heavy atom. The molecule has 0 aliphatic heterocycles. The molecule has 1 N–H and O–H groups in total. The second-order valence-electron chi connectivity index (χ2n) is 8.02. The molecule has 32 heavy (non-hydrogen) atoms. The number of nitrogens with zero attached hydrogens (tertiary/aromatic N) is 1. The van der Waals surface area contributed by atoms with E-state index in [1.54, 1.807) is 12.0 Å². The average Bonchev–Trinajstić information content (AvgIpc) is 2.81. The van der Waals surface area contributed by atoms with Crippen LogP contribution in [0.25, 0.3) is 0 Å². The summed E-state index contributed by atoms with van der Waals surface area (Å²) in [6.07, 6.45) is 1.18. The van der Waals surface area contributed by atoms with Crippen molar-refractivity contribution in [2.24, 2.45) is 5.92 Å². The van der Waals surface area contributed by atoms with E-state index >= 15 is 0 Å². The Morgan fingerprint density at radius 3 is 2.28 bits per heavy atom. The largest absolute Gasteiger partial charge is 0.497 e. The zero-order chi connectivity index (χ0) is 23.3. The Hall–Kier alpha value is -2.86. The Bertz CT molecular complexity index is 821. The minimum absolute atomic E-state index is 0.0498. The Kier molecular flexibility index (Phi) is 10.7. The molecule has 0 bridgehead atoms. The van der Waals surface area contributed by atoms with E-state index in [-0.39, 0.29) is 17.7 Å². The van der Waals surface area contributed by atoms with Crippen LogP contribution in [0.2, 0.25) is 0 Å². The van der Waals surface area contributed by atoms with Crippen LogP contribution < -0.4 is 10.1 Å². The van der Waals surface area contributed by atoms with Gasteiger partial charge in [0.2, 0.25) is 11.8 Å². The van der Waals surface area contributed by atoms with Gasteiger partial charge in [-0.25, -0.2) is 0 Å². The number of benzene rings is 2. The molecule has 0 heterocycles. The molecule has 1 unspecified atom stereocenters. The monoisotopic (exact) mass is 440 g/mol. The highest BCUT2D eigenvalue weighted by Gasteiger charge is 2.31.